The minimum Gasteiger partial charge on any atom is -0.211 e. The summed E-state index contributed by atoms with van der Waals surface area (Å²) in [6.45, 7) is 1.30. The molecule has 5 unspecified atom stereocenters. The van der Waals surface area contributed by atoms with Crippen molar-refractivity contribution in [3.63, 3.8) is 0 Å². The number of aliphatic imine (C=N–C) groups is 2. The molecule has 3 rings (SSSR count). The van der Waals surface area contributed by atoms with E-state index in [0.29, 0.717) is 36.3 Å². The largest absolute Gasteiger partial charge is 0.234 e. The molecule has 3 aliphatic rings. The molecule has 0 aliphatic heterocycles. The van der Waals surface area contributed by atoms with Crippen LogP contribution in [0.15, 0.2) is 9.98 Å². The fourth-order valence-electron chi connectivity index (χ4n) is 5.28. The van der Waals surface area contributed by atoms with Crippen molar-refractivity contribution in [3.05, 3.63) is 0 Å². The van der Waals surface area contributed by atoms with E-state index in [4.69, 9.17) is 0 Å². The van der Waals surface area contributed by atoms with E-state index in [1.807, 2.05) is 0 Å². The van der Waals surface area contributed by atoms with Gasteiger partial charge in [0.25, 0.3) is 0 Å². The number of carbonyl (C=O) groups excluding carboxylic acids is 2. The van der Waals surface area contributed by atoms with Gasteiger partial charge in [-0.1, -0.05) is 6.42 Å². The molecular formula is C14H18N2O2. The molecule has 4 heteroatoms. The van der Waals surface area contributed by atoms with Crippen molar-refractivity contribution in [2.45, 2.75) is 32.1 Å². The van der Waals surface area contributed by atoms with E-state index < -0.39 is 0 Å². The molecule has 0 aromatic carbocycles. The zero-order valence-electron chi connectivity index (χ0n) is 10.5. The van der Waals surface area contributed by atoms with E-state index in [1.165, 1.54) is 32.1 Å². The molecule has 3 fully saturated rings. The highest BCUT2D eigenvalue weighted by atomic mass is 16.1. The van der Waals surface area contributed by atoms with E-state index in [9.17, 15) is 9.59 Å². The summed E-state index contributed by atoms with van der Waals surface area (Å²) in [5.41, 5.74) is 0.495. The molecule has 18 heavy (non-hydrogen) atoms. The molecule has 3 aliphatic carbocycles. The van der Waals surface area contributed by atoms with Crippen LogP contribution in [0.2, 0.25) is 0 Å². The fourth-order valence-corrected chi connectivity index (χ4v) is 5.28. The summed E-state index contributed by atoms with van der Waals surface area (Å²) in [6, 6.07) is 0. The normalized spacial score (nSPS) is 44.2. The van der Waals surface area contributed by atoms with Gasteiger partial charge in [-0.2, -0.15) is 0 Å². The van der Waals surface area contributed by atoms with Crippen LogP contribution in [0.25, 0.3) is 0 Å². The van der Waals surface area contributed by atoms with E-state index in [1.54, 1.807) is 12.2 Å². The number of hydrogen-bond donors (Lipinski definition) is 0. The van der Waals surface area contributed by atoms with Gasteiger partial charge < -0.3 is 0 Å². The van der Waals surface area contributed by atoms with E-state index >= 15 is 0 Å². The second-order valence-electron chi connectivity index (χ2n) is 6.24. The van der Waals surface area contributed by atoms with Crippen LogP contribution in [0.3, 0.4) is 0 Å². The number of hydrogen-bond acceptors (Lipinski definition) is 4. The lowest BCUT2D eigenvalue weighted by atomic mass is 9.49. The van der Waals surface area contributed by atoms with Crippen molar-refractivity contribution < 1.29 is 9.59 Å². The van der Waals surface area contributed by atoms with Crippen LogP contribution in [0, 0.1) is 29.1 Å². The molecule has 0 aromatic rings. The number of nitrogens with zero attached hydrogens (tertiary/aromatic N) is 2. The first-order valence-corrected chi connectivity index (χ1v) is 6.88. The summed E-state index contributed by atoms with van der Waals surface area (Å²) in [4.78, 5) is 28.1. The molecule has 0 saturated heterocycles. The van der Waals surface area contributed by atoms with Crippen LogP contribution in [0.5, 0.6) is 0 Å². The van der Waals surface area contributed by atoms with Gasteiger partial charge in [-0.25, -0.2) is 19.6 Å². The Balaban J connectivity index is 1.76. The van der Waals surface area contributed by atoms with E-state index in [-0.39, 0.29) is 0 Å². The minimum atomic E-state index is 0.495. The fraction of sp³-hybridized carbons (Fsp3) is 0.857. The molecule has 96 valence electrons. The van der Waals surface area contributed by atoms with Crippen LogP contribution in [-0.2, 0) is 9.59 Å². The Hall–Kier alpha value is -1.24. The highest BCUT2D eigenvalue weighted by Gasteiger charge is 2.64. The molecule has 2 bridgehead atoms. The van der Waals surface area contributed by atoms with Gasteiger partial charge in [0.2, 0.25) is 12.2 Å². The Kier molecular flexibility index (Phi) is 2.93. The van der Waals surface area contributed by atoms with Gasteiger partial charge in [0.1, 0.15) is 0 Å². The van der Waals surface area contributed by atoms with Crippen molar-refractivity contribution in [1.82, 2.24) is 0 Å². The van der Waals surface area contributed by atoms with Gasteiger partial charge in [0, 0.05) is 0 Å². The van der Waals surface area contributed by atoms with Crippen molar-refractivity contribution >= 4 is 12.2 Å². The predicted octanol–water partition coefficient (Wildman–Crippen LogP) is 2.10. The molecule has 3 saturated carbocycles. The first kappa shape index (κ1) is 11.8. The van der Waals surface area contributed by atoms with Gasteiger partial charge in [-0.3, -0.25) is 0 Å². The van der Waals surface area contributed by atoms with Gasteiger partial charge in [-0.15, -0.1) is 0 Å². The zero-order valence-corrected chi connectivity index (χ0v) is 10.5. The van der Waals surface area contributed by atoms with Crippen molar-refractivity contribution in [2.24, 2.45) is 39.1 Å². The average molecular weight is 246 g/mol. The molecule has 4 nitrogen and oxygen atoms in total. The highest BCUT2D eigenvalue weighted by Crippen LogP contribution is 2.70. The zero-order chi connectivity index (χ0) is 12.6. The van der Waals surface area contributed by atoms with Crippen molar-refractivity contribution in [1.29, 1.82) is 0 Å². The molecule has 0 radical (unpaired) electrons. The molecule has 0 heterocycles. The lowest BCUT2D eigenvalue weighted by Crippen LogP contribution is -2.50. The highest BCUT2D eigenvalue weighted by molar-refractivity contribution is 5.33. The molecule has 5 atom stereocenters. The second-order valence-corrected chi connectivity index (χ2v) is 6.24. The second kappa shape index (κ2) is 4.46. The quantitative estimate of drug-likeness (QED) is 0.563. The van der Waals surface area contributed by atoms with Gasteiger partial charge in [0.15, 0.2) is 0 Å². The van der Waals surface area contributed by atoms with Crippen LogP contribution < -0.4 is 0 Å². The van der Waals surface area contributed by atoms with Crippen LogP contribution in [0.1, 0.15) is 32.1 Å². The van der Waals surface area contributed by atoms with E-state index in [0.717, 1.165) is 5.92 Å². The Morgan fingerprint density at radius 3 is 2.44 bits per heavy atom. The summed E-state index contributed by atoms with van der Waals surface area (Å²) < 4.78 is 0. The summed E-state index contributed by atoms with van der Waals surface area (Å²) in [5.74, 6) is 2.54. The predicted molar refractivity (Wildman–Crippen MR) is 65.5 cm³/mol. The SMILES string of the molecule is O=C=NCC1CC23CCCC1C2C(CN=C=O)C3. The monoisotopic (exact) mass is 246 g/mol. The Labute approximate surface area is 107 Å². The minimum absolute atomic E-state index is 0.495. The van der Waals surface area contributed by atoms with Crippen molar-refractivity contribution in [3.8, 4) is 0 Å². The Bertz CT molecular complexity index is 437. The molecule has 0 spiro atoms. The van der Waals surface area contributed by atoms with Crippen LogP contribution in [0.4, 0.5) is 0 Å². The third kappa shape index (κ3) is 1.60. The Morgan fingerprint density at radius 2 is 1.72 bits per heavy atom. The van der Waals surface area contributed by atoms with Gasteiger partial charge >= 0.3 is 0 Å². The molecule has 0 aromatic heterocycles. The van der Waals surface area contributed by atoms with Gasteiger partial charge in [-0.05, 0) is 54.8 Å². The third-order valence-electron chi connectivity index (χ3n) is 5.61. The maximum atomic E-state index is 10.3. The summed E-state index contributed by atoms with van der Waals surface area (Å²) in [5, 5.41) is 0. The summed E-state index contributed by atoms with van der Waals surface area (Å²) in [7, 11) is 0. The first-order valence-electron chi connectivity index (χ1n) is 6.88. The number of isocyanates is 2. The topological polar surface area (TPSA) is 58.9 Å². The standard InChI is InChI=1S/C14H18N2O2/c17-8-15-6-10-4-14-3-1-2-12(10)13(14)11(5-14)7-16-9-18/h10-13H,1-7H2. The summed E-state index contributed by atoms with van der Waals surface area (Å²) >= 11 is 0. The molecule has 0 amide bonds. The maximum absolute atomic E-state index is 10.3. The van der Waals surface area contributed by atoms with Gasteiger partial charge in [0.05, 0.1) is 13.1 Å². The maximum Gasteiger partial charge on any atom is 0.234 e. The smallest absolute Gasteiger partial charge is 0.211 e. The number of rotatable bonds is 4. The van der Waals surface area contributed by atoms with Crippen molar-refractivity contribution in [2.75, 3.05) is 13.1 Å². The van der Waals surface area contributed by atoms with Crippen LogP contribution in [-0.4, -0.2) is 25.2 Å². The van der Waals surface area contributed by atoms with E-state index in [2.05, 4.69) is 9.98 Å². The third-order valence-corrected chi connectivity index (χ3v) is 5.61. The average Bonchev–Trinajstić information content (AvgIpc) is 2.49. The summed E-state index contributed by atoms with van der Waals surface area (Å²) in [6.07, 6.45) is 9.64. The lowest BCUT2D eigenvalue weighted by molar-refractivity contribution is -0.0641. The molecular weight excluding hydrogens is 228 g/mol. The first-order chi connectivity index (χ1) is 8.80. The lowest BCUT2D eigenvalue weighted by Gasteiger charge is -2.56. The Morgan fingerprint density at radius 1 is 1.06 bits per heavy atom. The van der Waals surface area contributed by atoms with Crippen LogP contribution >= 0.6 is 0 Å². The molecule has 0 N–H and O–H groups in total.